The van der Waals surface area contributed by atoms with E-state index in [1.807, 2.05) is 36.4 Å². The molecule has 8 aromatic carbocycles. The lowest BCUT2D eigenvalue weighted by Crippen LogP contribution is -1.92. The van der Waals surface area contributed by atoms with Crippen molar-refractivity contribution >= 4 is 53.9 Å². The summed E-state index contributed by atoms with van der Waals surface area (Å²) in [5, 5.41) is 10.9. The maximum Gasteiger partial charge on any atom is 0.0629 e. The van der Waals surface area contributed by atoms with E-state index < -0.39 is 0 Å². The molecule has 8 rings (SSSR count). The second-order valence-electron chi connectivity index (χ2n) is 9.31. The molecule has 0 bridgehead atoms. The van der Waals surface area contributed by atoms with Crippen LogP contribution in [0, 0.1) is 0 Å². The van der Waals surface area contributed by atoms with Crippen LogP contribution in [0.15, 0.2) is 133 Å². The van der Waals surface area contributed by atoms with Crippen molar-refractivity contribution in [3.05, 3.63) is 133 Å². The van der Waals surface area contributed by atoms with E-state index >= 15 is 0 Å². The van der Waals surface area contributed by atoms with E-state index in [2.05, 4.69) is 66.7 Å². The highest BCUT2D eigenvalue weighted by Crippen LogP contribution is 2.47. The molecule has 0 N–H and O–H groups in total. The van der Waals surface area contributed by atoms with Gasteiger partial charge in [-0.25, -0.2) is 0 Å². The highest BCUT2D eigenvalue weighted by atomic mass is 14.2. The van der Waals surface area contributed by atoms with Gasteiger partial charge >= 0.3 is 0 Å². The Kier molecular flexibility index (Phi) is 3.16. The molecule has 0 amide bonds. The molecule has 0 heteroatoms. The third-order valence-corrected chi connectivity index (χ3v) is 7.48. The Labute approximate surface area is 216 Å². The lowest BCUT2D eigenvalue weighted by molar-refractivity contribution is 1.67. The van der Waals surface area contributed by atoms with Crippen molar-refractivity contribution in [2.75, 3.05) is 0 Å². The quantitative estimate of drug-likeness (QED) is 0.178. The molecule has 0 heterocycles. The van der Waals surface area contributed by atoms with Gasteiger partial charge in [-0.1, -0.05) is 133 Å². The van der Waals surface area contributed by atoms with Crippen molar-refractivity contribution in [2.45, 2.75) is 0 Å². The number of hydrogen-bond acceptors (Lipinski definition) is 0. The number of rotatable bonds is 2. The van der Waals surface area contributed by atoms with Gasteiger partial charge in [0, 0.05) is 0 Å². The molecule has 0 aliphatic rings. The molecule has 0 aliphatic heterocycles. The van der Waals surface area contributed by atoms with Gasteiger partial charge in [0.05, 0.1) is 6.85 Å². The molecule has 8 aromatic rings. The van der Waals surface area contributed by atoms with Gasteiger partial charge in [0.25, 0.3) is 0 Å². The molecule has 166 valence electrons. The van der Waals surface area contributed by atoms with E-state index in [0.29, 0.717) is 5.56 Å². The Morgan fingerprint density at radius 3 is 1.56 bits per heavy atom. The summed E-state index contributed by atoms with van der Waals surface area (Å²) < 4.78 is 42.5. The van der Waals surface area contributed by atoms with Gasteiger partial charge in [0.2, 0.25) is 0 Å². The number of fused-ring (bicyclic) bond motifs is 2. The molecule has 0 aliphatic carbocycles. The van der Waals surface area contributed by atoms with Gasteiger partial charge in [0.1, 0.15) is 0 Å². The van der Waals surface area contributed by atoms with E-state index in [4.69, 9.17) is 6.85 Å². The molecule has 0 saturated heterocycles. The zero-order valence-corrected chi connectivity index (χ0v) is 19.3. The maximum absolute atomic E-state index is 8.80. The van der Waals surface area contributed by atoms with Gasteiger partial charge in [-0.15, -0.1) is 0 Å². The Bertz CT molecular complexity index is 2270. The first-order valence-corrected chi connectivity index (χ1v) is 12.1. The van der Waals surface area contributed by atoms with E-state index in [0.717, 1.165) is 38.1 Å². The zero-order chi connectivity index (χ0) is 28.0. The fraction of sp³-hybridized carbons (Fsp3) is 0. The highest BCUT2D eigenvalue weighted by Gasteiger charge is 2.19. The van der Waals surface area contributed by atoms with Gasteiger partial charge in [-0.2, -0.15) is 0 Å². The van der Waals surface area contributed by atoms with Crippen LogP contribution in [0.4, 0.5) is 0 Å². The van der Waals surface area contributed by atoms with Crippen LogP contribution in [0.25, 0.3) is 76.1 Å². The van der Waals surface area contributed by atoms with Crippen LogP contribution in [0.2, 0.25) is 0 Å². The van der Waals surface area contributed by atoms with Crippen molar-refractivity contribution < 1.29 is 6.85 Å². The second-order valence-corrected chi connectivity index (χ2v) is 9.31. The summed E-state index contributed by atoms with van der Waals surface area (Å²) >= 11 is 0. The number of benzene rings is 8. The van der Waals surface area contributed by atoms with Gasteiger partial charge in [-0.3, -0.25) is 0 Å². The van der Waals surface area contributed by atoms with Crippen molar-refractivity contribution in [1.82, 2.24) is 0 Å². The fourth-order valence-electron chi connectivity index (χ4n) is 6.02. The summed E-state index contributed by atoms with van der Waals surface area (Å²) in [7, 11) is 0. The van der Waals surface area contributed by atoms with E-state index in [9.17, 15) is 0 Å². The van der Waals surface area contributed by atoms with E-state index in [-0.39, 0.29) is 35.8 Å². The minimum absolute atomic E-state index is 0.193. The average molecular weight is 460 g/mol. The van der Waals surface area contributed by atoms with Crippen LogP contribution in [-0.4, -0.2) is 0 Å². The summed E-state index contributed by atoms with van der Waals surface area (Å²) in [6.07, 6.45) is 0. The van der Waals surface area contributed by atoms with Crippen LogP contribution < -0.4 is 0 Å². The molecule has 0 atom stereocenters. The van der Waals surface area contributed by atoms with Crippen LogP contribution in [0.1, 0.15) is 6.85 Å². The molecule has 0 fully saturated rings. The Balaban J connectivity index is 1.58. The predicted molar refractivity (Wildman–Crippen MR) is 156 cm³/mol. The lowest BCUT2D eigenvalue weighted by Gasteiger charge is -2.20. The van der Waals surface area contributed by atoms with Crippen LogP contribution in [0.5, 0.6) is 0 Å². The minimum atomic E-state index is -0.386. The molecule has 0 radical (unpaired) electrons. The normalized spacial score (nSPS) is 13.8. The van der Waals surface area contributed by atoms with Crippen LogP contribution >= 0.6 is 0 Å². The summed E-state index contributed by atoms with van der Waals surface area (Å²) in [4.78, 5) is 0. The van der Waals surface area contributed by atoms with Crippen molar-refractivity contribution in [1.29, 1.82) is 0 Å². The minimum Gasteiger partial charge on any atom is -0.0622 e. The highest BCUT2D eigenvalue weighted by molar-refractivity contribution is 6.29. The van der Waals surface area contributed by atoms with Crippen molar-refractivity contribution in [3.8, 4) is 22.3 Å². The van der Waals surface area contributed by atoms with Crippen molar-refractivity contribution in [2.24, 2.45) is 0 Å². The molecular weight excluding hydrogens is 432 g/mol. The van der Waals surface area contributed by atoms with Gasteiger partial charge in [-0.05, 0) is 76.1 Å². The molecule has 0 unspecified atom stereocenters. The second kappa shape index (κ2) is 7.41. The summed E-state index contributed by atoms with van der Waals surface area (Å²) in [6.45, 7) is 0. The third kappa shape index (κ3) is 2.64. The topological polar surface area (TPSA) is 0 Å². The zero-order valence-electron chi connectivity index (χ0n) is 24.3. The fourth-order valence-corrected chi connectivity index (χ4v) is 6.02. The van der Waals surface area contributed by atoms with Crippen LogP contribution in [0.3, 0.4) is 0 Å². The molecule has 0 saturated carbocycles. The summed E-state index contributed by atoms with van der Waals surface area (Å²) in [5.41, 5.74) is 3.07. The Morgan fingerprint density at radius 2 is 0.917 bits per heavy atom. The lowest BCUT2D eigenvalue weighted by atomic mass is 9.83. The van der Waals surface area contributed by atoms with E-state index in [1.54, 1.807) is 0 Å². The molecular formula is C36H22. The van der Waals surface area contributed by atoms with Gasteiger partial charge < -0.3 is 0 Å². The maximum atomic E-state index is 8.80. The Morgan fingerprint density at radius 1 is 0.389 bits per heavy atom. The first-order chi connectivity index (χ1) is 20.0. The van der Waals surface area contributed by atoms with Crippen LogP contribution in [-0.2, 0) is 0 Å². The van der Waals surface area contributed by atoms with E-state index in [1.165, 1.54) is 26.9 Å². The molecule has 0 spiro atoms. The predicted octanol–water partition coefficient (Wildman–Crippen LogP) is 10.2. The summed E-state index contributed by atoms with van der Waals surface area (Å²) in [6, 6.07) is 34.2. The van der Waals surface area contributed by atoms with Crippen molar-refractivity contribution in [3.63, 3.8) is 0 Å². The smallest absolute Gasteiger partial charge is 0.0622 e. The van der Waals surface area contributed by atoms with Gasteiger partial charge in [0.15, 0.2) is 0 Å². The third-order valence-electron chi connectivity index (χ3n) is 7.48. The monoisotopic (exact) mass is 459 g/mol. The SMILES string of the molecule is [2H]c1c([2H])c([2H])c(-c2c3ccccc3c(-c3ccc4ccc5cccc6ccc3c4c56)c3ccccc23)c([2H])c1[2H]. The molecule has 0 aromatic heterocycles. The largest absolute Gasteiger partial charge is 0.0629 e. The molecule has 0 nitrogen and oxygen atoms in total. The standard InChI is InChI=1S/C36H22/c1-2-9-23(10-3-1)34-27-13-4-6-15-29(27)36(30-16-7-5-14-28(30)34)32-22-20-26-18-17-24-11-8-12-25-19-21-31(32)35(26)33(24)25/h1-22H/i1D,2D,3D,9D,10D. The first-order valence-electron chi connectivity index (χ1n) is 14.6. The summed E-state index contributed by atoms with van der Waals surface area (Å²) in [5.74, 6) is 0. The first kappa shape index (κ1) is 15.3. The Hall–Kier alpha value is -4.68. The molecule has 36 heavy (non-hydrogen) atoms. The average Bonchev–Trinajstić information content (AvgIpc) is 3.01. The number of hydrogen-bond donors (Lipinski definition) is 0.